The highest BCUT2D eigenvalue weighted by molar-refractivity contribution is 6.30. The second-order valence-electron chi connectivity index (χ2n) is 4.19. The molecule has 1 heterocycles. The van der Waals surface area contributed by atoms with Crippen LogP contribution in [0.2, 0.25) is 5.02 Å². The molecule has 1 aromatic carbocycles. The van der Waals surface area contributed by atoms with Gasteiger partial charge in [-0.3, -0.25) is 14.5 Å². The van der Waals surface area contributed by atoms with Gasteiger partial charge in [0.2, 0.25) is 0 Å². The third-order valence-electron chi connectivity index (χ3n) is 2.73. The van der Waals surface area contributed by atoms with Crippen molar-refractivity contribution in [3.05, 3.63) is 52.9 Å². The summed E-state index contributed by atoms with van der Waals surface area (Å²) in [4.78, 5) is 24.5. The minimum Gasteiger partial charge on any atom is -0.480 e. The molecule has 0 atom stereocenters. The summed E-state index contributed by atoms with van der Waals surface area (Å²) in [5.74, 6) is -1.49. The molecule has 0 unspecified atom stereocenters. The third kappa shape index (κ3) is 3.00. The van der Waals surface area contributed by atoms with Gasteiger partial charge in [0.25, 0.3) is 5.91 Å². The standard InChI is InChI=1S/C14H12ClNO4/c1-9-6-7-20-13(9)14(19)16(8-12(17)18)11-4-2-10(15)3-5-11/h2-7H,8H2,1H3,(H,17,18). The van der Waals surface area contributed by atoms with Crippen molar-refractivity contribution in [3.8, 4) is 0 Å². The van der Waals surface area contributed by atoms with Crippen LogP contribution in [0, 0.1) is 6.92 Å². The predicted molar refractivity (Wildman–Crippen MR) is 74.2 cm³/mol. The number of carboxylic acids is 1. The van der Waals surface area contributed by atoms with E-state index in [2.05, 4.69) is 0 Å². The summed E-state index contributed by atoms with van der Waals surface area (Å²) < 4.78 is 5.12. The molecule has 0 fully saturated rings. The number of aryl methyl sites for hydroxylation is 1. The highest BCUT2D eigenvalue weighted by atomic mass is 35.5. The fraction of sp³-hybridized carbons (Fsp3) is 0.143. The molecule has 20 heavy (non-hydrogen) atoms. The third-order valence-corrected chi connectivity index (χ3v) is 2.99. The number of rotatable bonds is 4. The van der Waals surface area contributed by atoms with E-state index in [0.717, 1.165) is 4.90 Å². The maximum Gasteiger partial charge on any atom is 0.323 e. The largest absolute Gasteiger partial charge is 0.480 e. The number of benzene rings is 1. The van der Waals surface area contributed by atoms with E-state index in [-0.39, 0.29) is 5.76 Å². The van der Waals surface area contributed by atoms with Crippen LogP contribution in [-0.4, -0.2) is 23.5 Å². The molecule has 6 heteroatoms. The highest BCUT2D eigenvalue weighted by Crippen LogP contribution is 2.21. The smallest absolute Gasteiger partial charge is 0.323 e. The van der Waals surface area contributed by atoms with Crippen molar-refractivity contribution in [1.29, 1.82) is 0 Å². The van der Waals surface area contributed by atoms with E-state index in [9.17, 15) is 9.59 Å². The van der Waals surface area contributed by atoms with Gasteiger partial charge >= 0.3 is 5.97 Å². The summed E-state index contributed by atoms with van der Waals surface area (Å²) in [5, 5.41) is 9.47. The molecule has 104 valence electrons. The molecule has 0 spiro atoms. The van der Waals surface area contributed by atoms with Crippen LogP contribution < -0.4 is 4.90 Å². The minimum absolute atomic E-state index is 0.126. The summed E-state index contributed by atoms with van der Waals surface area (Å²) in [5.41, 5.74) is 1.09. The number of aliphatic carboxylic acids is 1. The zero-order valence-corrected chi connectivity index (χ0v) is 11.4. The lowest BCUT2D eigenvalue weighted by Crippen LogP contribution is -2.35. The number of amides is 1. The average molecular weight is 294 g/mol. The molecule has 0 saturated heterocycles. The molecular formula is C14H12ClNO4. The van der Waals surface area contributed by atoms with Gasteiger partial charge in [0.15, 0.2) is 5.76 Å². The molecule has 0 aliphatic carbocycles. The number of anilines is 1. The van der Waals surface area contributed by atoms with Gasteiger partial charge in [-0.1, -0.05) is 11.6 Å². The monoisotopic (exact) mass is 293 g/mol. The van der Waals surface area contributed by atoms with Crippen LogP contribution in [0.4, 0.5) is 5.69 Å². The van der Waals surface area contributed by atoms with E-state index in [1.54, 1.807) is 37.3 Å². The summed E-state index contributed by atoms with van der Waals surface area (Å²) in [7, 11) is 0. The van der Waals surface area contributed by atoms with E-state index >= 15 is 0 Å². The Morgan fingerprint density at radius 1 is 1.25 bits per heavy atom. The maximum atomic E-state index is 12.4. The molecule has 5 nitrogen and oxygen atoms in total. The number of carbonyl (C=O) groups excluding carboxylic acids is 1. The molecule has 1 amide bonds. The van der Waals surface area contributed by atoms with Crippen LogP contribution in [0.15, 0.2) is 41.0 Å². The predicted octanol–water partition coefficient (Wildman–Crippen LogP) is 2.97. The number of furan rings is 1. The summed E-state index contributed by atoms with van der Waals surface area (Å²) in [6.45, 7) is 1.26. The van der Waals surface area contributed by atoms with Crippen LogP contribution >= 0.6 is 11.6 Å². The van der Waals surface area contributed by atoms with Crippen molar-refractivity contribution in [2.45, 2.75) is 6.92 Å². The SMILES string of the molecule is Cc1ccoc1C(=O)N(CC(=O)O)c1ccc(Cl)cc1. The zero-order chi connectivity index (χ0) is 14.7. The number of carboxylic acid groups (broad SMARTS) is 1. The first kappa shape index (κ1) is 14.1. The molecule has 0 aliphatic rings. The van der Waals surface area contributed by atoms with Crippen molar-refractivity contribution in [1.82, 2.24) is 0 Å². The molecule has 0 radical (unpaired) electrons. The molecule has 0 bridgehead atoms. The fourth-order valence-electron chi connectivity index (χ4n) is 1.75. The summed E-state index contributed by atoms with van der Waals surface area (Å²) in [6, 6.07) is 8.00. The van der Waals surface area contributed by atoms with Gasteiger partial charge in [-0.25, -0.2) is 0 Å². The summed E-state index contributed by atoms with van der Waals surface area (Å²) >= 11 is 5.79. The zero-order valence-electron chi connectivity index (χ0n) is 10.7. The van der Waals surface area contributed by atoms with Crippen molar-refractivity contribution in [2.24, 2.45) is 0 Å². The average Bonchev–Trinajstić information content (AvgIpc) is 2.82. The van der Waals surface area contributed by atoms with Crippen LogP contribution in [0.1, 0.15) is 16.1 Å². The quantitative estimate of drug-likeness (QED) is 0.941. The molecule has 1 aromatic heterocycles. The number of halogens is 1. The van der Waals surface area contributed by atoms with E-state index in [1.165, 1.54) is 6.26 Å². The van der Waals surface area contributed by atoms with Gasteiger partial charge in [0, 0.05) is 16.3 Å². The van der Waals surface area contributed by atoms with Crippen LogP contribution in [0.3, 0.4) is 0 Å². The maximum absolute atomic E-state index is 12.4. The molecule has 0 saturated carbocycles. The van der Waals surface area contributed by atoms with Crippen molar-refractivity contribution >= 4 is 29.2 Å². The Morgan fingerprint density at radius 3 is 2.40 bits per heavy atom. The normalized spacial score (nSPS) is 10.3. The van der Waals surface area contributed by atoms with E-state index < -0.39 is 18.4 Å². The first-order chi connectivity index (χ1) is 9.49. The van der Waals surface area contributed by atoms with E-state index in [1.807, 2.05) is 0 Å². The Morgan fingerprint density at radius 2 is 1.90 bits per heavy atom. The van der Waals surface area contributed by atoms with Crippen molar-refractivity contribution in [2.75, 3.05) is 11.4 Å². The molecule has 1 N–H and O–H groups in total. The Kier molecular flexibility index (Phi) is 4.10. The first-order valence-corrected chi connectivity index (χ1v) is 6.20. The number of carbonyl (C=O) groups is 2. The van der Waals surface area contributed by atoms with Gasteiger partial charge < -0.3 is 9.52 Å². The molecule has 0 aliphatic heterocycles. The minimum atomic E-state index is -1.11. The van der Waals surface area contributed by atoms with Gasteiger partial charge in [0.05, 0.1) is 6.26 Å². The first-order valence-electron chi connectivity index (χ1n) is 5.82. The molecule has 2 rings (SSSR count). The Balaban J connectivity index is 2.37. The van der Waals surface area contributed by atoms with Crippen LogP contribution in [0.25, 0.3) is 0 Å². The van der Waals surface area contributed by atoms with Crippen molar-refractivity contribution in [3.63, 3.8) is 0 Å². The van der Waals surface area contributed by atoms with E-state index in [0.29, 0.717) is 16.3 Å². The Bertz CT molecular complexity index is 633. The lowest BCUT2D eigenvalue weighted by molar-refractivity contribution is -0.135. The fourth-order valence-corrected chi connectivity index (χ4v) is 1.88. The molecular weight excluding hydrogens is 282 g/mol. The summed E-state index contributed by atoms with van der Waals surface area (Å²) in [6.07, 6.45) is 1.39. The topological polar surface area (TPSA) is 70.8 Å². The van der Waals surface area contributed by atoms with E-state index in [4.69, 9.17) is 21.1 Å². The number of hydrogen-bond acceptors (Lipinski definition) is 3. The van der Waals surface area contributed by atoms with Gasteiger partial charge in [-0.15, -0.1) is 0 Å². The van der Waals surface area contributed by atoms with Crippen LogP contribution in [0.5, 0.6) is 0 Å². The van der Waals surface area contributed by atoms with Crippen molar-refractivity contribution < 1.29 is 19.1 Å². The van der Waals surface area contributed by atoms with Gasteiger partial charge in [-0.2, -0.15) is 0 Å². The second-order valence-corrected chi connectivity index (χ2v) is 4.63. The van der Waals surface area contributed by atoms with Crippen LogP contribution in [-0.2, 0) is 4.79 Å². The lowest BCUT2D eigenvalue weighted by atomic mass is 10.2. The van der Waals surface area contributed by atoms with Gasteiger partial charge in [0.1, 0.15) is 6.54 Å². The highest BCUT2D eigenvalue weighted by Gasteiger charge is 2.24. The number of hydrogen-bond donors (Lipinski definition) is 1. The Labute approximate surface area is 120 Å². The lowest BCUT2D eigenvalue weighted by Gasteiger charge is -2.20. The number of nitrogens with zero attached hydrogens (tertiary/aromatic N) is 1. The second kappa shape index (κ2) is 5.79. The molecule has 2 aromatic rings. The van der Waals surface area contributed by atoms with Gasteiger partial charge in [-0.05, 0) is 37.3 Å². The Hall–Kier alpha value is -2.27.